The molecule has 0 saturated carbocycles. The summed E-state index contributed by atoms with van der Waals surface area (Å²) in [6.07, 6.45) is 0. The van der Waals surface area contributed by atoms with Crippen LogP contribution in [-0.2, 0) is 0 Å². The summed E-state index contributed by atoms with van der Waals surface area (Å²) in [6, 6.07) is 53.5. The second-order valence-corrected chi connectivity index (χ2v) is 10.2. The molecule has 8 aromatic rings. The van der Waals surface area contributed by atoms with E-state index in [-0.39, 0.29) is 0 Å². The summed E-state index contributed by atoms with van der Waals surface area (Å²) in [6.45, 7) is 0. The maximum atomic E-state index is 6.61. The van der Waals surface area contributed by atoms with E-state index in [4.69, 9.17) is 4.42 Å². The van der Waals surface area contributed by atoms with Crippen molar-refractivity contribution >= 4 is 60.5 Å². The highest BCUT2D eigenvalue weighted by Gasteiger charge is 2.16. The molecule has 1 aromatic heterocycles. The molecule has 2 heteroatoms. The SMILES string of the molecule is c1ccc(N(c2ccccc2)c2ccc(-c3ccc4c(c3)oc3c5ccccc5c5ccccc5c43)cc2)cc1. The molecule has 0 N–H and O–H groups in total. The predicted octanol–water partition coefficient (Wildman–Crippen LogP) is 11.0. The number of hydrogen-bond acceptors (Lipinski definition) is 2. The number of para-hydroxylation sites is 2. The first-order valence-electron chi connectivity index (χ1n) is 13.6. The van der Waals surface area contributed by atoms with Crippen LogP contribution in [0.2, 0.25) is 0 Å². The lowest BCUT2D eigenvalue weighted by Crippen LogP contribution is -2.09. The summed E-state index contributed by atoms with van der Waals surface area (Å²) < 4.78 is 6.61. The van der Waals surface area contributed by atoms with Gasteiger partial charge in [-0.15, -0.1) is 0 Å². The minimum absolute atomic E-state index is 0.910. The molecule has 0 unspecified atom stereocenters. The van der Waals surface area contributed by atoms with E-state index in [2.05, 4.69) is 157 Å². The molecule has 0 radical (unpaired) electrons. The average Bonchev–Trinajstić information content (AvgIpc) is 3.42. The number of rotatable bonds is 4. The third-order valence-corrected chi connectivity index (χ3v) is 7.84. The van der Waals surface area contributed by atoms with Gasteiger partial charge >= 0.3 is 0 Å². The van der Waals surface area contributed by atoms with Crippen molar-refractivity contribution in [2.75, 3.05) is 4.90 Å². The molecule has 0 amide bonds. The first kappa shape index (κ1) is 22.6. The molecule has 0 bridgehead atoms. The third kappa shape index (κ3) is 3.58. The summed E-state index contributed by atoms with van der Waals surface area (Å²) in [7, 11) is 0. The Morgan fingerprint density at radius 3 is 1.52 bits per heavy atom. The zero-order valence-electron chi connectivity index (χ0n) is 21.8. The van der Waals surface area contributed by atoms with E-state index in [1.807, 2.05) is 0 Å². The van der Waals surface area contributed by atoms with Gasteiger partial charge in [0.15, 0.2) is 0 Å². The van der Waals surface area contributed by atoms with Crippen molar-refractivity contribution < 1.29 is 4.42 Å². The second kappa shape index (κ2) is 9.14. The molecule has 7 aromatic carbocycles. The Balaban J connectivity index is 1.25. The fourth-order valence-electron chi connectivity index (χ4n) is 5.99. The minimum Gasteiger partial charge on any atom is -0.455 e. The Bertz CT molecular complexity index is 2100. The van der Waals surface area contributed by atoms with Gasteiger partial charge in [-0.1, -0.05) is 103 Å². The molecular weight excluding hydrogens is 486 g/mol. The molecule has 188 valence electrons. The second-order valence-electron chi connectivity index (χ2n) is 10.2. The number of benzene rings is 7. The van der Waals surface area contributed by atoms with Gasteiger partial charge in [0.25, 0.3) is 0 Å². The average molecular weight is 512 g/mol. The molecule has 40 heavy (non-hydrogen) atoms. The molecule has 0 aliphatic carbocycles. The van der Waals surface area contributed by atoms with E-state index in [0.717, 1.165) is 50.1 Å². The van der Waals surface area contributed by atoms with Gasteiger partial charge in [0.1, 0.15) is 11.2 Å². The lowest BCUT2D eigenvalue weighted by atomic mass is 9.96. The quantitative estimate of drug-likeness (QED) is 0.218. The highest BCUT2D eigenvalue weighted by atomic mass is 16.3. The topological polar surface area (TPSA) is 16.4 Å². The molecule has 0 aliphatic heterocycles. The van der Waals surface area contributed by atoms with Crippen molar-refractivity contribution in [2.45, 2.75) is 0 Å². The summed E-state index contributed by atoms with van der Waals surface area (Å²) >= 11 is 0. The van der Waals surface area contributed by atoms with Gasteiger partial charge in [-0.3, -0.25) is 0 Å². The van der Waals surface area contributed by atoms with E-state index in [9.17, 15) is 0 Å². The zero-order valence-corrected chi connectivity index (χ0v) is 21.8. The van der Waals surface area contributed by atoms with Crippen LogP contribution < -0.4 is 4.90 Å². The van der Waals surface area contributed by atoms with Gasteiger partial charge in [-0.05, 0) is 75.8 Å². The van der Waals surface area contributed by atoms with Crippen LogP contribution in [0.25, 0.3) is 54.6 Å². The Kier molecular flexibility index (Phi) is 5.17. The fraction of sp³-hybridized carbons (Fsp3) is 0. The Morgan fingerprint density at radius 2 is 0.875 bits per heavy atom. The lowest BCUT2D eigenvalue weighted by Gasteiger charge is -2.25. The molecule has 2 nitrogen and oxygen atoms in total. The number of hydrogen-bond donors (Lipinski definition) is 0. The molecule has 1 heterocycles. The lowest BCUT2D eigenvalue weighted by molar-refractivity contribution is 0.673. The monoisotopic (exact) mass is 511 g/mol. The van der Waals surface area contributed by atoms with E-state index < -0.39 is 0 Å². The van der Waals surface area contributed by atoms with E-state index in [0.29, 0.717) is 0 Å². The van der Waals surface area contributed by atoms with Crippen LogP contribution in [0.1, 0.15) is 0 Å². The predicted molar refractivity (Wildman–Crippen MR) is 169 cm³/mol. The van der Waals surface area contributed by atoms with Crippen LogP contribution >= 0.6 is 0 Å². The summed E-state index contributed by atoms with van der Waals surface area (Å²) in [4.78, 5) is 2.28. The summed E-state index contributed by atoms with van der Waals surface area (Å²) in [5, 5.41) is 7.20. The first-order valence-corrected chi connectivity index (χ1v) is 13.6. The molecule has 0 aliphatic rings. The largest absolute Gasteiger partial charge is 0.455 e. The number of nitrogens with zero attached hydrogens (tertiary/aromatic N) is 1. The number of anilines is 3. The summed E-state index contributed by atoms with van der Waals surface area (Å²) in [5.41, 5.74) is 7.53. The van der Waals surface area contributed by atoms with Crippen molar-refractivity contribution in [3.8, 4) is 11.1 Å². The smallest absolute Gasteiger partial charge is 0.143 e. The van der Waals surface area contributed by atoms with Crippen molar-refractivity contribution in [3.05, 3.63) is 152 Å². The molecular formula is C38H25NO. The standard InChI is InChI=1S/C38H25NO/c1-3-11-28(12-4-1)39(29-13-5-2-6-14-29)30-22-19-26(20-23-30)27-21-24-35-36(25-27)40-38-34-18-10-8-16-32(34)31-15-7-9-17-33(31)37(35)38/h1-25H. The van der Waals surface area contributed by atoms with Gasteiger partial charge in [0.05, 0.1) is 0 Å². The maximum absolute atomic E-state index is 6.61. The number of furan rings is 1. The molecule has 8 rings (SSSR count). The van der Waals surface area contributed by atoms with Gasteiger partial charge in [-0.25, -0.2) is 0 Å². The minimum atomic E-state index is 0.910. The van der Waals surface area contributed by atoms with Gasteiger partial charge in [-0.2, -0.15) is 0 Å². The normalized spacial score (nSPS) is 11.5. The first-order chi connectivity index (χ1) is 19.8. The van der Waals surface area contributed by atoms with Crippen molar-refractivity contribution in [3.63, 3.8) is 0 Å². The van der Waals surface area contributed by atoms with Gasteiger partial charge in [0, 0.05) is 33.2 Å². The Hall–Kier alpha value is -5.34. The fourth-order valence-corrected chi connectivity index (χ4v) is 5.99. The van der Waals surface area contributed by atoms with Crippen LogP contribution in [-0.4, -0.2) is 0 Å². The highest BCUT2D eigenvalue weighted by molar-refractivity contribution is 6.30. The van der Waals surface area contributed by atoms with E-state index >= 15 is 0 Å². The van der Waals surface area contributed by atoms with Crippen LogP contribution in [0.4, 0.5) is 17.1 Å². The van der Waals surface area contributed by atoms with Crippen LogP contribution in [0.5, 0.6) is 0 Å². The van der Waals surface area contributed by atoms with Crippen LogP contribution in [0, 0.1) is 0 Å². The third-order valence-electron chi connectivity index (χ3n) is 7.84. The van der Waals surface area contributed by atoms with Crippen LogP contribution in [0.3, 0.4) is 0 Å². The van der Waals surface area contributed by atoms with Crippen molar-refractivity contribution in [1.29, 1.82) is 0 Å². The van der Waals surface area contributed by atoms with Crippen LogP contribution in [0.15, 0.2) is 156 Å². The molecule has 0 fully saturated rings. The number of fused-ring (bicyclic) bond motifs is 8. The van der Waals surface area contributed by atoms with E-state index in [1.54, 1.807) is 0 Å². The molecule has 0 spiro atoms. The maximum Gasteiger partial charge on any atom is 0.143 e. The Labute approximate surface area is 232 Å². The molecule has 0 atom stereocenters. The zero-order chi connectivity index (χ0) is 26.5. The van der Waals surface area contributed by atoms with Gasteiger partial charge < -0.3 is 9.32 Å². The molecule has 0 saturated heterocycles. The Morgan fingerprint density at radius 1 is 0.375 bits per heavy atom. The van der Waals surface area contributed by atoms with Crippen molar-refractivity contribution in [1.82, 2.24) is 0 Å². The summed E-state index contributed by atoms with van der Waals surface area (Å²) in [5.74, 6) is 0. The highest BCUT2D eigenvalue weighted by Crippen LogP contribution is 2.42. The van der Waals surface area contributed by atoms with E-state index in [1.165, 1.54) is 21.5 Å². The van der Waals surface area contributed by atoms with Gasteiger partial charge in [0.2, 0.25) is 0 Å². The van der Waals surface area contributed by atoms with Crippen molar-refractivity contribution in [2.24, 2.45) is 0 Å².